The molecule has 5 atom stereocenters. The molecule has 0 aromatic heterocycles. The van der Waals surface area contributed by atoms with Gasteiger partial charge in [0.15, 0.2) is 12.2 Å². The van der Waals surface area contributed by atoms with Crippen LogP contribution in [-0.2, 0) is 47.7 Å². The summed E-state index contributed by atoms with van der Waals surface area (Å²) in [7, 11) is 0. The molecular formula is C25H32ClNO11. The molecule has 1 amide bonds. The zero-order valence-corrected chi connectivity index (χ0v) is 22.6. The number of rotatable bonds is 11. The molecule has 1 aliphatic heterocycles. The summed E-state index contributed by atoms with van der Waals surface area (Å²) in [4.78, 5) is 59.7. The maximum atomic E-state index is 12.8. The smallest absolute Gasteiger partial charge is 0.305 e. The van der Waals surface area contributed by atoms with Gasteiger partial charge < -0.3 is 33.7 Å². The molecule has 12 nitrogen and oxygen atoms in total. The van der Waals surface area contributed by atoms with Crippen LogP contribution in [0.5, 0.6) is 5.75 Å². The van der Waals surface area contributed by atoms with Crippen molar-refractivity contribution in [2.45, 2.75) is 78.1 Å². The van der Waals surface area contributed by atoms with Crippen molar-refractivity contribution in [1.82, 2.24) is 5.32 Å². The Morgan fingerprint density at radius 3 is 2.13 bits per heavy atom. The van der Waals surface area contributed by atoms with Crippen LogP contribution in [-0.4, -0.2) is 73.6 Å². The van der Waals surface area contributed by atoms with E-state index in [1.807, 2.05) is 6.92 Å². The van der Waals surface area contributed by atoms with E-state index in [2.05, 4.69) is 5.32 Å². The van der Waals surface area contributed by atoms with E-state index >= 15 is 0 Å². The highest BCUT2D eigenvalue weighted by atomic mass is 35.5. The monoisotopic (exact) mass is 557 g/mol. The Kier molecular flexibility index (Phi) is 11.8. The van der Waals surface area contributed by atoms with Gasteiger partial charge in [0.2, 0.25) is 12.2 Å². The van der Waals surface area contributed by atoms with E-state index in [9.17, 15) is 24.0 Å². The van der Waals surface area contributed by atoms with Crippen LogP contribution in [0.15, 0.2) is 18.2 Å². The first kappa shape index (κ1) is 30.8. The van der Waals surface area contributed by atoms with E-state index < -0.39 is 67.0 Å². The lowest BCUT2D eigenvalue weighted by Crippen LogP contribution is -2.67. The van der Waals surface area contributed by atoms with Gasteiger partial charge in [-0.05, 0) is 37.1 Å². The molecule has 1 heterocycles. The Bertz CT molecular complexity index is 1030. The van der Waals surface area contributed by atoms with Gasteiger partial charge in [0.25, 0.3) is 0 Å². The van der Waals surface area contributed by atoms with Crippen LogP contribution in [0.2, 0.25) is 5.02 Å². The molecule has 1 aromatic carbocycles. The van der Waals surface area contributed by atoms with Crippen LogP contribution in [0, 0.1) is 6.92 Å². The van der Waals surface area contributed by atoms with Crippen LogP contribution in [0.3, 0.4) is 0 Å². The summed E-state index contributed by atoms with van der Waals surface area (Å²) in [5, 5.41) is 3.22. The third kappa shape index (κ3) is 9.82. The zero-order chi connectivity index (χ0) is 28.4. The van der Waals surface area contributed by atoms with Crippen LogP contribution in [0.4, 0.5) is 0 Å². The maximum Gasteiger partial charge on any atom is 0.305 e. The summed E-state index contributed by atoms with van der Waals surface area (Å²) < 4.78 is 32.4. The van der Waals surface area contributed by atoms with Crippen molar-refractivity contribution >= 4 is 41.4 Å². The van der Waals surface area contributed by atoms with Crippen LogP contribution >= 0.6 is 11.6 Å². The number of carbonyl (C=O) groups is 5. The molecule has 13 heteroatoms. The van der Waals surface area contributed by atoms with Crippen molar-refractivity contribution < 1.29 is 52.4 Å². The first-order valence-corrected chi connectivity index (χ1v) is 12.2. The Labute approximate surface area is 225 Å². The average molecular weight is 558 g/mol. The number of esters is 4. The minimum absolute atomic E-state index is 0.00215. The van der Waals surface area contributed by atoms with Crippen molar-refractivity contribution in [1.29, 1.82) is 0 Å². The van der Waals surface area contributed by atoms with Crippen LogP contribution in [0.25, 0.3) is 0 Å². The standard InChI is InChI=1S/C25H32ClNO11/c1-13-11-18(26)8-9-19(13)33-10-6-7-21(32)27-22-24(36-16(4)30)23(35-15(3)29)20(12-34-14(2)28)38-25(22)37-17(5)31/h8-9,11,20,22-25H,6-7,10,12H2,1-5H3,(H,27,32)/t20-,22+,23-,24-,25+/m1/s1. The van der Waals surface area contributed by atoms with Gasteiger partial charge in [-0.1, -0.05) is 11.6 Å². The second-order valence-corrected chi connectivity index (χ2v) is 8.99. The number of amides is 1. The fraction of sp³-hybridized carbons (Fsp3) is 0.560. The Hall–Kier alpha value is -3.38. The molecule has 1 aromatic rings. The lowest BCUT2D eigenvalue weighted by Gasteiger charge is -2.44. The van der Waals surface area contributed by atoms with Crippen molar-refractivity contribution in [2.75, 3.05) is 13.2 Å². The van der Waals surface area contributed by atoms with Crippen LogP contribution in [0.1, 0.15) is 46.1 Å². The highest BCUT2D eigenvalue weighted by Gasteiger charge is 2.52. The number of nitrogens with one attached hydrogen (secondary N) is 1. The summed E-state index contributed by atoms with van der Waals surface area (Å²) in [6.07, 6.45) is -4.91. The Balaban J connectivity index is 2.17. The molecule has 0 radical (unpaired) electrons. The van der Waals surface area contributed by atoms with E-state index in [0.29, 0.717) is 17.2 Å². The molecule has 2 rings (SSSR count). The fourth-order valence-electron chi connectivity index (χ4n) is 3.77. The van der Waals surface area contributed by atoms with Gasteiger partial charge in [0.05, 0.1) is 6.61 Å². The number of hydrogen-bond donors (Lipinski definition) is 1. The van der Waals surface area contributed by atoms with Gasteiger partial charge in [-0.15, -0.1) is 0 Å². The number of carbonyl (C=O) groups excluding carboxylic acids is 5. The molecule has 0 aliphatic carbocycles. The molecule has 1 fully saturated rings. The summed E-state index contributed by atoms with van der Waals surface area (Å²) >= 11 is 5.95. The first-order valence-electron chi connectivity index (χ1n) is 11.9. The minimum Gasteiger partial charge on any atom is -0.493 e. The number of halogens is 1. The fourth-order valence-corrected chi connectivity index (χ4v) is 3.99. The van der Waals surface area contributed by atoms with Crippen molar-refractivity contribution in [3.63, 3.8) is 0 Å². The van der Waals surface area contributed by atoms with Gasteiger partial charge >= 0.3 is 23.9 Å². The largest absolute Gasteiger partial charge is 0.493 e. The highest BCUT2D eigenvalue weighted by Crippen LogP contribution is 2.28. The van der Waals surface area contributed by atoms with Gasteiger partial charge in [-0.2, -0.15) is 0 Å². The third-order valence-corrected chi connectivity index (χ3v) is 5.49. The summed E-state index contributed by atoms with van der Waals surface area (Å²) in [6, 6.07) is 3.93. The zero-order valence-electron chi connectivity index (χ0n) is 21.8. The third-order valence-electron chi connectivity index (χ3n) is 5.25. The molecule has 0 bridgehead atoms. The maximum absolute atomic E-state index is 12.8. The molecule has 210 valence electrons. The van der Waals surface area contributed by atoms with E-state index in [1.54, 1.807) is 18.2 Å². The molecule has 0 saturated carbocycles. The SMILES string of the molecule is CC(=O)OC[C@H]1O[C@H](OC(C)=O)[C@@H](NC(=O)CCCOc2ccc(Cl)cc2C)[C@@H](OC(C)=O)[C@@H]1OC(C)=O. The number of hydrogen-bond acceptors (Lipinski definition) is 11. The predicted octanol–water partition coefficient (Wildman–Crippen LogP) is 2.01. The molecule has 1 N–H and O–H groups in total. The topological polar surface area (TPSA) is 153 Å². The number of benzene rings is 1. The van der Waals surface area contributed by atoms with E-state index in [1.165, 1.54) is 0 Å². The number of ether oxygens (including phenoxy) is 6. The van der Waals surface area contributed by atoms with E-state index in [0.717, 1.165) is 33.3 Å². The molecular weight excluding hydrogens is 526 g/mol. The summed E-state index contributed by atoms with van der Waals surface area (Å²) in [5.74, 6) is -2.76. The second-order valence-electron chi connectivity index (χ2n) is 8.56. The Morgan fingerprint density at radius 1 is 0.921 bits per heavy atom. The van der Waals surface area contributed by atoms with Crippen molar-refractivity contribution in [3.8, 4) is 5.75 Å². The molecule has 38 heavy (non-hydrogen) atoms. The van der Waals surface area contributed by atoms with Gasteiger partial charge in [0.1, 0.15) is 24.5 Å². The van der Waals surface area contributed by atoms with Gasteiger partial charge in [-0.3, -0.25) is 24.0 Å². The highest BCUT2D eigenvalue weighted by molar-refractivity contribution is 6.30. The normalized spacial score (nSPS) is 22.5. The quantitative estimate of drug-likeness (QED) is 0.241. The van der Waals surface area contributed by atoms with E-state index in [-0.39, 0.29) is 13.0 Å². The van der Waals surface area contributed by atoms with Crippen molar-refractivity contribution in [2.24, 2.45) is 0 Å². The van der Waals surface area contributed by atoms with Crippen molar-refractivity contribution in [3.05, 3.63) is 28.8 Å². The van der Waals surface area contributed by atoms with Gasteiger partial charge in [0, 0.05) is 39.1 Å². The van der Waals surface area contributed by atoms with Gasteiger partial charge in [-0.25, -0.2) is 0 Å². The molecule has 1 saturated heterocycles. The lowest BCUT2D eigenvalue weighted by atomic mass is 9.95. The summed E-state index contributed by atoms with van der Waals surface area (Å²) in [6.45, 7) is 6.20. The van der Waals surface area contributed by atoms with E-state index in [4.69, 9.17) is 40.0 Å². The average Bonchev–Trinajstić information content (AvgIpc) is 2.79. The predicted molar refractivity (Wildman–Crippen MR) is 131 cm³/mol. The molecule has 0 spiro atoms. The minimum atomic E-state index is -1.44. The molecule has 0 unspecified atom stereocenters. The second kappa shape index (κ2) is 14.5. The van der Waals surface area contributed by atoms with Crippen LogP contribution < -0.4 is 10.1 Å². The summed E-state index contributed by atoms with van der Waals surface area (Å²) in [5.41, 5.74) is 0.842. The molecule has 1 aliphatic rings. The lowest BCUT2D eigenvalue weighted by molar-refractivity contribution is -0.271. The number of aryl methyl sites for hydroxylation is 1. The Morgan fingerprint density at radius 2 is 1.55 bits per heavy atom. The first-order chi connectivity index (χ1) is 17.9.